The van der Waals surface area contributed by atoms with Gasteiger partial charge in [0.25, 0.3) is 0 Å². The van der Waals surface area contributed by atoms with Crippen molar-refractivity contribution in [1.29, 1.82) is 0 Å². The van der Waals surface area contributed by atoms with Gasteiger partial charge in [-0.2, -0.15) is 0 Å². The molecular formula is C39H43N3O4S. The van der Waals surface area contributed by atoms with Crippen LogP contribution in [0.15, 0.2) is 116 Å². The lowest BCUT2D eigenvalue weighted by Crippen LogP contribution is -2.57. The minimum Gasteiger partial charge on any atom is -0.394 e. The summed E-state index contributed by atoms with van der Waals surface area (Å²) < 4.78 is -0.772. The third-order valence-corrected chi connectivity index (χ3v) is 11.9. The van der Waals surface area contributed by atoms with Crippen molar-refractivity contribution in [3.05, 3.63) is 133 Å². The second-order valence-electron chi connectivity index (χ2n) is 12.8. The third-order valence-electron chi connectivity index (χ3n) is 9.93. The zero-order chi connectivity index (χ0) is 33.0. The zero-order valence-corrected chi connectivity index (χ0v) is 27.5. The van der Waals surface area contributed by atoms with E-state index >= 15 is 0 Å². The van der Waals surface area contributed by atoms with Gasteiger partial charge in [0, 0.05) is 31.4 Å². The summed E-state index contributed by atoms with van der Waals surface area (Å²) in [6, 6.07) is 28.0. The molecule has 1 spiro atoms. The van der Waals surface area contributed by atoms with Crippen LogP contribution in [0.25, 0.3) is 0 Å². The predicted octanol–water partition coefficient (Wildman–Crippen LogP) is 5.11. The van der Waals surface area contributed by atoms with Gasteiger partial charge in [0.15, 0.2) is 0 Å². The van der Waals surface area contributed by atoms with Crippen LogP contribution in [0.5, 0.6) is 0 Å². The molecule has 2 bridgehead atoms. The molecule has 47 heavy (non-hydrogen) atoms. The highest BCUT2D eigenvalue weighted by atomic mass is 32.2. The Kier molecular flexibility index (Phi) is 9.99. The van der Waals surface area contributed by atoms with Gasteiger partial charge in [-0.3, -0.25) is 14.4 Å². The van der Waals surface area contributed by atoms with Crippen molar-refractivity contribution in [1.82, 2.24) is 14.7 Å². The monoisotopic (exact) mass is 649 g/mol. The molecule has 3 aromatic rings. The molecule has 6 rings (SSSR count). The summed E-state index contributed by atoms with van der Waals surface area (Å²) in [4.78, 5) is 49.6. The van der Waals surface area contributed by atoms with Crippen molar-refractivity contribution in [2.24, 2.45) is 11.8 Å². The molecule has 0 aliphatic carbocycles. The second-order valence-corrected chi connectivity index (χ2v) is 14.4. The Balaban J connectivity index is 1.39. The first-order valence-corrected chi connectivity index (χ1v) is 17.3. The maximum Gasteiger partial charge on any atom is 0.247 e. The van der Waals surface area contributed by atoms with E-state index in [4.69, 9.17) is 0 Å². The largest absolute Gasteiger partial charge is 0.394 e. The lowest BCUT2D eigenvalue weighted by molar-refractivity contribution is -0.147. The molecule has 3 aliphatic rings. The number of hydrogen-bond acceptors (Lipinski definition) is 5. The highest BCUT2D eigenvalue weighted by Crippen LogP contribution is 2.67. The van der Waals surface area contributed by atoms with Crippen LogP contribution in [0.2, 0.25) is 0 Å². The summed E-state index contributed by atoms with van der Waals surface area (Å²) in [5.41, 5.74) is 2.95. The van der Waals surface area contributed by atoms with Crippen LogP contribution in [0, 0.1) is 11.8 Å². The van der Waals surface area contributed by atoms with Crippen molar-refractivity contribution in [3.8, 4) is 0 Å². The molecule has 3 aliphatic heterocycles. The normalized spacial score (nSPS) is 24.9. The van der Waals surface area contributed by atoms with Crippen LogP contribution in [0.1, 0.15) is 29.5 Å². The first-order chi connectivity index (χ1) is 22.9. The van der Waals surface area contributed by atoms with E-state index in [0.717, 1.165) is 23.1 Å². The Morgan fingerprint density at radius 1 is 0.851 bits per heavy atom. The zero-order valence-electron chi connectivity index (χ0n) is 26.7. The smallest absolute Gasteiger partial charge is 0.247 e. The van der Waals surface area contributed by atoms with Gasteiger partial charge in [-0.05, 0) is 36.0 Å². The van der Waals surface area contributed by atoms with Crippen molar-refractivity contribution >= 4 is 29.5 Å². The molecule has 3 amide bonds. The SMILES string of the molecule is C=CCN(Cc1ccccc1)C(=O)C1N([C@@H](CO)Cc2ccccc2)C(=O)[C@@H]2[C@@H](C(=O)N(CC=C)Cc3ccccc3)[C@H]3CCC12S3. The van der Waals surface area contributed by atoms with Crippen LogP contribution >= 0.6 is 11.8 Å². The number of fused-ring (bicyclic) bond motifs is 1. The first kappa shape index (κ1) is 32.8. The Morgan fingerprint density at radius 3 is 1.87 bits per heavy atom. The summed E-state index contributed by atoms with van der Waals surface area (Å²) >= 11 is 1.66. The number of rotatable bonds is 14. The first-order valence-electron chi connectivity index (χ1n) is 16.4. The summed E-state index contributed by atoms with van der Waals surface area (Å²) in [7, 11) is 0. The van der Waals surface area contributed by atoms with Crippen molar-refractivity contribution < 1.29 is 19.5 Å². The van der Waals surface area contributed by atoms with E-state index in [1.807, 2.05) is 91.0 Å². The number of benzene rings is 3. The maximum atomic E-state index is 14.9. The van der Waals surface area contributed by atoms with Gasteiger partial charge >= 0.3 is 0 Å². The Morgan fingerprint density at radius 2 is 1.36 bits per heavy atom. The van der Waals surface area contributed by atoms with Crippen LogP contribution in [-0.2, 0) is 33.9 Å². The maximum absolute atomic E-state index is 14.9. The minimum absolute atomic E-state index is 0.0688. The molecule has 2 unspecified atom stereocenters. The molecule has 0 saturated carbocycles. The van der Waals surface area contributed by atoms with Crippen molar-refractivity contribution in [2.75, 3.05) is 19.7 Å². The van der Waals surface area contributed by atoms with E-state index < -0.39 is 28.7 Å². The number of nitrogens with zero attached hydrogens (tertiary/aromatic N) is 3. The average Bonchev–Trinajstić information content (AvgIpc) is 3.75. The second kappa shape index (κ2) is 14.3. The standard InChI is InChI=1S/C39H43N3O4S/c1-3-22-40(25-29-16-10-6-11-17-29)36(44)33-32-20-21-39(47-32)34(33)37(45)42(31(27-43)24-28-14-8-5-9-15-28)35(39)38(46)41(23-4-2)26-30-18-12-7-13-19-30/h3-19,31-35,43H,1-2,20-27H2/t31-,32-,33+,34+,35?,39?/m1/s1. The Bertz CT molecular complexity index is 1590. The number of carbonyl (C=O) groups is 3. The molecule has 0 radical (unpaired) electrons. The molecule has 244 valence electrons. The molecular weight excluding hydrogens is 607 g/mol. The molecule has 3 saturated heterocycles. The molecule has 1 N–H and O–H groups in total. The van der Waals surface area contributed by atoms with E-state index in [1.54, 1.807) is 38.6 Å². The van der Waals surface area contributed by atoms with Crippen LogP contribution < -0.4 is 0 Å². The van der Waals surface area contributed by atoms with Crippen LogP contribution in [0.3, 0.4) is 0 Å². The Labute approximate surface area is 281 Å². The van der Waals surface area contributed by atoms with E-state index in [1.165, 1.54) is 0 Å². The fourth-order valence-electron chi connectivity index (χ4n) is 7.95. The van der Waals surface area contributed by atoms with Gasteiger partial charge in [-0.15, -0.1) is 24.9 Å². The Hall–Kier alpha value is -4.14. The lowest BCUT2D eigenvalue weighted by Gasteiger charge is -2.40. The number of aliphatic hydroxyl groups excluding tert-OH is 1. The lowest BCUT2D eigenvalue weighted by atomic mass is 9.70. The van der Waals surface area contributed by atoms with Gasteiger partial charge in [0.1, 0.15) is 6.04 Å². The van der Waals surface area contributed by atoms with Crippen LogP contribution in [-0.4, -0.2) is 79.3 Å². The fraction of sp³-hybridized carbons (Fsp3) is 0.359. The molecule has 3 fully saturated rings. The van der Waals surface area contributed by atoms with Crippen molar-refractivity contribution in [3.63, 3.8) is 0 Å². The summed E-state index contributed by atoms with van der Waals surface area (Å²) in [5.74, 6) is -1.67. The molecule has 8 heteroatoms. The van der Waals surface area contributed by atoms with Crippen LogP contribution in [0.4, 0.5) is 0 Å². The number of hydrogen-bond donors (Lipinski definition) is 1. The van der Waals surface area contributed by atoms with Crippen molar-refractivity contribution in [2.45, 2.75) is 54.4 Å². The number of carbonyl (C=O) groups excluding carboxylic acids is 3. The summed E-state index contributed by atoms with van der Waals surface area (Å²) in [6.07, 6.45) is 5.25. The summed E-state index contributed by atoms with van der Waals surface area (Å²) in [6.45, 7) is 9.01. The molecule has 3 heterocycles. The molecule has 3 aromatic carbocycles. The fourth-order valence-corrected chi connectivity index (χ4v) is 10.1. The number of likely N-dealkylation sites (tertiary alicyclic amines) is 1. The van der Waals surface area contributed by atoms with Gasteiger partial charge in [0.05, 0.1) is 29.2 Å². The number of thioether (sulfide) groups is 1. The molecule has 0 aromatic heterocycles. The highest BCUT2D eigenvalue weighted by Gasteiger charge is 2.74. The third kappa shape index (κ3) is 6.29. The molecule has 6 atom stereocenters. The average molecular weight is 650 g/mol. The van der Waals surface area contributed by atoms with E-state index in [9.17, 15) is 19.5 Å². The summed E-state index contributed by atoms with van der Waals surface area (Å²) in [5, 5.41) is 10.8. The quantitative estimate of drug-likeness (QED) is 0.246. The minimum atomic E-state index is -0.820. The van der Waals surface area contributed by atoms with E-state index in [-0.39, 0.29) is 29.6 Å². The van der Waals surface area contributed by atoms with Gasteiger partial charge in [0.2, 0.25) is 17.7 Å². The number of aliphatic hydroxyl groups is 1. The number of amides is 3. The van der Waals surface area contributed by atoms with Gasteiger partial charge in [-0.25, -0.2) is 0 Å². The van der Waals surface area contributed by atoms with E-state index in [0.29, 0.717) is 39.0 Å². The van der Waals surface area contributed by atoms with Gasteiger partial charge < -0.3 is 19.8 Å². The topological polar surface area (TPSA) is 81.2 Å². The predicted molar refractivity (Wildman–Crippen MR) is 186 cm³/mol. The molecule has 7 nitrogen and oxygen atoms in total. The van der Waals surface area contributed by atoms with E-state index in [2.05, 4.69) is 13.2 Å². The highest BCUT2D eigenvalue weighted by molar-refractivity contribution is 8.02. The van der Waals surface area contributed by atoms with Gasteiger partial charge in [-0.1, -0.05) is 103 Å².